The van der Waals surface area contributed by atoms with E-state index in [1.807, 2.05) is 0 Å². The van der Waals surface area contributed by atoms with Crippen LogP contribution in [0.5, 0.6) is 0 Å². The molecule has 4 N–H and O–H groups in total. The van der Waals surface area contributed by atoms with Gasteiger partial charge >= 0.3 is 0 Å². The second kappa shape index (κ2) is 5.36. The van der Waals surface area contributed by atoms with Crippen molar-refractivity contribution >= 4 is 5.91 Å². The van der Waals surface area contributed by atoms with Crippen LogP contribution in [0.3, 0.4) is 0 Å². The van der Waals surface area contributed by atoms with Crippen molar-refractivity contribution in [1.29, 1.82) is 0 Å². The smallest absolute Gasteiger partial charge is 0.238 e. The number of hydrogen-bond acceptors (Lipinski definition) is 3. The number of nitrogens with two attached hydrogens (primary N) is 1. The van der Waals surface area contributed by atoms with Crippen molar-refractivity contribution in [3.8, 4) is 0 Å². The van der Waals surface area contributed by atoms with Crippen LogP contribution >= 0.6 is 0 Å². The fourth-order valence-electron chi connectivity index (χ4n) is 3.45. The summed E-state index contributed by atoms with van der Waals surface area (Å²) >= 11 is 0. The maximum atomic E-state index is 12.0. The van der Waals surface area contributed by atoms with Crippen molar-refractivity contribution < 1.29 is 4.79 Å². The first-order valence-corrected chi connectivity index (χ1v) is 6.97. The van der Waals surface area contributed by atoms with Gasteiger partial charge in [0.2, 0.25) is 5.91 Å². The minimum Gasteiger partial charge on any atom is -0.368 e. The molecule has 2 atom stereocenters. The summed E-state index contributed by atoms with van der Waals surface area (Å²) in [6.45, 7) is 3.93. The quantitative estimate of drug-likeness (QED) is 0.678. The van der Waals surface area contributed by atoms with E-state index in [4.69, 9.17) is 5.73 Å². The monoisotopic (exact) mass is 239 g/mol. The molecular weight excluding hydrogens is 214 g/mol. The first kappa shape index (κ1) is 12.8. The number of rotatable bonds is 4. The molecular formula is C13H25N3O. The number of nitrogens with one attached hydrogen (secondary N) is 2. The van der Waals surface area contributed by atoms with Crippen LogP contribution < -0.4 is 16.4 Å². The van der Waals surface area contributed by atoms with E-state index < -0.39 is 5.54 Å². The summed E-state index contributed by atoms with van der Waals surface area (Å²) in [7, 11) is 0. The van der Waals surface area contributed by atoms with Crippen molar-refractivity contribution in [3.05, 3.63) is 0 Å². The maximum Gasteiger partial charge on any atom is 0.238 e. The normalized spacial score (nSPS) is 35.0. The highest BCUT2D eigenvalue weighted by Gasteiger charge is 2.46. The third kappa shape index (κ3) is 2.47. The van der Waals surface area contributed by atoms with Gasteiger partial charge in [-0.15, -0.1) is 0 Å². The van der Waals surface area contributed by atoms with Crippen LogP contribution in [-0.2, 0) is 4.79 Å². The second-order valence-corrected chi connectivity index (χ2v) is 5.52. The molecule has 0 aromatic rings. The van der Waals surface area contributed by atoms with E-state index in [-0.39, 0.29) is 5.91 Å². The molecule has 1 amide bonds. The minimum absolute atomic E-state index is 0.155. The van der Waals surface area contributed by atoms with Crippen molar-refractivity contribution in [1.82, 2.24) is 10.6 Å². The summed E-state index contributed by atoms with van der Waals surface area (Å²) in [4.78, 5) is 12.0. The van der Waals surface area contributed by atoms with E-state index >= 15 is 0 Å². The van der Waals surface area contributed by atoms with Gasteiger partial charge in [-0.2, -0.15) is 0 Å². The van der Waals surface area contributed by atoms with E-state index in [1.165, 1.54) is 25.7 Å². The van der Waals surface area contributed by atoms with Gasteiger partial charge in [-0.05, 0) is 38.1 Å². The molecule has 1 aliphatic carbocycles. The average Bonchev–Trinajstić information content (AvgIpc) is 2.82. The summed E-state index contributed by atoms with van der Waals surface area (Å²) in [6, 6.07) is 0.495. The fraction of sp³-hybridized carbons (Fsp3) is 0.923. The van der Waals surface area contributed by atoms with Crippen molar-refractivity contribution in [2.24, 2.45) is 11.7 Å². The van der Waals surface area contributed by atoms with Gasteiger partial charge in [-0.3, -0.25) is 4.79 Å². The largest absolute Gasteiger partial charge is 0.368 e. The molecule has 2 unspecified atom stereocenters. The first-order valence-electron chi connectivity index (χ1n) is 6.97. The summed E-state index contributed by atoms with van der Waals surface area (Å²) in [5.74, 6) is 0.173. The van der Waals surface area contributed by atoms with Gasteiger partial charge in [0.15, 0.2) is 0 Å². The number of piperidine rings is 1. The van der Waals surface area contributed by atoms with Crippen LogP contribution in [0.4, 0.5) is 0 Å². The number of primary amides is 1. The topological polar surface area (TPSA) is 67.2 Å². The predicted octanol–water partition coefficient (Wildman–Crippen LogP) is 0.762. The zero-order valence-corrected chi connectivity index (χ0v) is 10.8. The molecule has 0 spiro atoms. The third-order valence-corrected chi connectivity index (χ3v) is 4.53. The summed E-state index contributed by atoms with van der Waals surface area (Å²) in [5, 5.41) is 6.99. The Morgan fingerprint density at radius 3 is 2.76 bits per heavy atom. The first-order chi connectivity index (χ1) is 8.19. The van der Waals surface area contributed by atoms with Gasteiger partial charge < -0.3 is 16.4 Å². The molecule has 0 aromatic heterocycles. The molecule has 1 saturated carbocycles. The standard InChI is InChI=1S/C13H25N3O/c1-2-10-9-15-8-7-13(10,12(14)17)16-11-5-3-4-6-11/h10-11,15-16H,2-9H2,1H3,(H2,14,17). The van der Waals surface area contributed by atoms with Gasteiger partial charge in [0, 0.05) is 12.6 Å². The summed E-state index contributed by atoms with van der Waals surface area (Å²) < 4.78 is 0. The second-order valence-electron chi connectivity index (χ2n) is 5.52. The number of amides is 1. The van der Waals surface area contributed by atoms with Gasteiger partial charge in [-0.25, -0.2) is 0 Å². The maximum absolute atomic E-state index is 12.0. The Morgan fingerprint density at radius 1 is 1.47 bits per heavy atom. The average molecular weight is 239 g/mol. The molecule has 2 rings (SSSR count). The molecule has 98 valence electrons. The van der Waals surface area contributed by atoms with Gasteiger partial charge in [-0.1, -0.05) is 19.8 Å². The Labute approximate surface area is 104 Å². The zero-order chi connectivity index (χ0) is 12.3. The van der Waals surface area contributed by atoms with Crippen molar-refractivity contribution in [2.45, 2.75) is 57.0 Å². The zero-order valence-electron chi connectivity index (χ0n) is 10.8. The Hall–Kier alpha value is -0.610. The lowest BCUT2D eigenvalue weighted by molar-refractivity contribution is -0.128. The number of hydrogen-bond donors (Lipinski definition) is 3. The molecule has 0 bridgehead atoms. The Balaban J connectivity index is 2.13. The van der Waals surface area contributed by atoms with E-state index in [1.54, 1.807) is 0 Å². The molecule has 2 fully saturated rings. The molecule has 1 saturated heterocycles. The van der Waals surface area contributed by atoms with Crippen LogP contribution in [0.15, 0.2) is 0 Å². The molecule has 4 heteroatoms. The van der Waals surface area contributed by atoms with Crippen molar-refractivity contribution in [3.63, 3.8) is 0 Å². The van der Waals surface area contributed by atoms with E-state index in [9.17, 15) is 4.79 Å². The highest BCUT2D eigenvalue weighted by molar-refractivity contribution is 5.85. The highest BCUT2D eigenvalue weighted by Crippen LogP contribution is 2.30. The van der Waals surface area contributed by atoms with Gasteiger partial charge in [0.05, 0.1) is 0 Å². The molecule has 1 heterocycles. The van der Waals surface area contributed by atoms with Crippen molar-refractivity contribution in [2.75, 3.05) is 13.1 Å². The van der Waals surface area contributed by atoms with E-state index in [0.717, 1.165) is 25.9 Å². The lowest BCUT2D eigenvalue weighted by Crippen LogP contribution is -2.67. The predicted molar refractivity (Wildman–Crippen MR) is 68.6 cm³/mol. The lowest BCUT2D eigenvalue weighted by atomic mass is 9.75. The highest BCUT2D eigenvalue weighted by atomic mass is 16.1. The van der Waals surface area contributed by atoms with Crippen LogP contribution in [-0.4, -0.2) is 30.6 Å². The lowest BCUT2D eigenvalue weighted by Gasteiger charge is -2.44. The molecule has 0 aromatic carbocycles. The molecule has 0 radical (unpaired) electrons. The molecule has 2 aliphatic rings. The Bertz CT molecular complexity index is 276. The van der Waals surface area contributed by atoms with Crippen LogP contribution in [0.1, 0.15) is 45.4 Å². The van der Waals surface area contributed by atoms with E-state index in [2.05, 4.69) is 17.6 Å². The number of carbonyl (C=O) groups is 1. The SMILES string of the molecule is CCC1CNCCC1(NC1CCCC1)C(N)=O. The Kier molecular flexibility index (Phi) is 4.05. The van der Waals surface area contributed by atoms with Crippen LogP contribution in [0.2, 0.25) is 0 Å². The van der Waals surface area contributed by atoms with Crippen LogP contribution in [0.25, 0.3) is 0 Å². The third-order valence-electron chi connectivity index (χ3n) is 4.53. The van der Waals surface area contributed by atoms with Gasteiger partial charge in [0.25, 0.3) is 0 Å². The molecule has 1 aliphatic heterocycles. The minimum atomic E-state index is -0.463. The van der Waals surface area contributed by atoms with Gasteiger partial charge in [0.1, 0.15) is 5.54 Å². The fourth-order valence-corrected chi connectivity index (χ4v) is 3.45. The molecule has 17 heavy (non-hydrogen) atoms. The van der Waals surface area contributed by atoms with Crippen LogP contribution in [0, 0.1) is 5.92 Å². The molecule has 4 nitrogen and oxygen atoms in total. The Morgan fingerprint density at radius 2 is 2.18 bits per heavy atom. The van der Waals surface area contributed by atoms with E-state index in [0.29, 0.717) is 12.0 Å². The summed E-state index contributed by atoms with van der Waals surface area (Å²) in [6.07, 6.45) is 6.77. The number of carbonyl (C=O) groups excluding carboxylic acids is 1. The summed E-state index contributed by atoms with van der Waals surface area (Å²) in [5.41, 5.74) is 5.25.